The number of carbonyl (C=O) groups excluding carboxylic acids is 1. The smallest absolute Gasteiger partial charge is 0.377 e. The lowest BCUT2D eigenvalue weighted by atomic mass is 10.1. The van der Waals surface area contributed by atoms with Gasteiger partial charge in [0.15, 0.2) is 0 Å². The van der Waals surface area contributed by atoms with E-state index in [0.717, 1.165) is 22.0 Å². The third-order valence-electron chi connectivity index (χ3n) is 5.32. The SMILES string of the molecule is O=C(N(NS(=O)(=O)c1ccccc1)c1ccccc1)N(C1=CCOCC1)c1cccc(C(F)(F)F)c1. The van der Waals surface area contributed by atoms with Crippen LogP contribution in [-0.2, 0) is 20.9 Å². The largest absolute Gasteiger partial charge is 0.416 e. The van der Waals surface area contributed by atoms with Crippen molar-refractivity contribution in [3.05, 3.63) is 102 Å². The van der Waals surface area contributed by atoms with Crippen molar-refractivity contribution in [1.29, 1.82) is 0 Å². The van der Waals surface area contributed by atoms with Crippen LogP contribution in [0.4, 0.5) is 29.3 Å². The Balaban J connectivity index is 1.81. The number of amides is 2. The highest BCUT2D eigenvalue weighted by Gasteiger charge is 2.34. The molecule has 0 unspecified atom stereocenters. The van der Waals surface area contributed by atoms with E-state index in [2.05, 4.69) is 4.83 Å². The molecule has 3 aromatic rings. The summed E-state index contributed by atoms with van der Waals surface area (Å²) in [7, 11) is -4.23. The first-order chi connectivity index (χ1) is 17.2. The van der Waals surface area contributed by atoms with Gasteiger partial charge in [-0.15, -0.1) is 4.83 Å². The molecule has 0 aliphatic carbocycles. The summed E-state index contributed by atoms with van der Waals surface area (Å²) in [5.41, 5.74) is -0.457. The topological polar surface area (TPSA) is 79.0 Å². The molecule has 2 amide bonds. The lowest BCUT2D eigenvalue weighted by Crippen LogP contribution is -2.52. The van der Waals surface area contributed by atoms with E-state index in [4.69, 9.17) is 4.74 Å². The molecule has 0 fully saturated rings. The second kappa shape index (κ2) is 10.5. The van der Waals surface area contributed by atoms with E-state index < -0.39 is 27.8 Å². The standard InChI is InChI=1S/C25H22F3N3O4S/c26-25(27,28)19-8-7-11-22(18-19)30(20-14-16-35-17-15-20)24(32)31(21-9-3-1-4-10-21)29-36(33,34)23-12-5-2-6-13-23/h1-14,18,29H,15-17H2. The van der Waals surface area contributed by atoms with Gasteiger partial charge in [-0.3, -0.25) is 4.90 Å². The highest BCUT2D eigenvalue weighted by molar-refractivity contribution is 7.89. The minimum absolute atomic E-state index is 0.0668. The minimum Gasteiger partial charge on any atom is -0.377 e. The van der Waals surface area contributed by atoms with Crippen LogP contribution in [-0.4, -0.2) is 27.7 Å². The number of nitrogens with zero attached hydrogens (tertiary/aromatic N) is 2. The Kier molecular flexibility index (Phi) is 7.43. The zero-order chi connectivity index (χ0) is 25.8. The van der Waals surface area contributed by atoms with Crippen LogP contribution in [0.5, 0.6) is 0 Å². The highest BCUT2D eigenvalue weighted by atomic mass is 32.2. The van der Waals surface area contributed by atoms with Gasteiger partial charge in [0.05, 0.1) is 35.0 Å². The van der Waals surface area contributed by atoms with Gasteiger partial charge in [-0.1, -0.05) is 42.5 Å². The Morgan fingerprint density at radius 3 is 2.14 bits per heavy atom. The Bertz CT molecular complexity index is 1350. The van der Waals surface area contributed by atoms with Crippen LogP contribution < -0.4 is 14.7 Å². The van der Waals surface area contributed by atoms with E-state index in [1.54, 1.807) is 30.3 Å². The molecule has 0 spiro atoms. The molecule has 4 rings (SSSR count). The summed E-state index contributed by atoms with van der Waals surface area (Å²) in [6.45, 7) is 0.398. The van der Waals surface area contributed by atoms with Gasteiger partial charge in [0.25, 0.3) is 10.0 Å². The Hall–Kier alpha value is -3.67. The quantitative estimate of drug-likeness (QED) is 0.448. The van der Waals surface area contributed by atoms with E-state index in [-0.39, 0.29) is 35.9 Å². The Morgan fingerprint density at radius 1 is 0.889 bits per heavy atom. The number of benzene rings is 3. The molecule has 0 saturated heterocycles. The predicted molar refractivity (Wildman–Crippen MR) is 129 cm³/mol. The van der Waals surface area contributed by atoms with Crippen molar-refractivity contribution in [3.63, 3.8) is 0 Å². The summed E-state index contributed by atoms with van der Waals surface area (Å²) < 4.78 is 72.0. The fourth-order valence-corrected chi connectivity index (χ4v) is 4.64. The zero-order valence-electron chi connectivity index (χ0n) is 18.9. The van der Waals surface area contributed by atoms with Crippen LogP contribution in [0.15, 0.2) is 102 Å². The average molecular weight is 518 g/mol. The molecule has 11 heteroatoms. The van der Waals surface area contributed by atoms with Crippen LogP contribution in [0.2, 0.25) is 0 Å². The maximum Gasteiger partial charge on any atom is 0.416 e. The van der Waals surface area contributed by atoms with Crippen molar-refractivity contribution in [2.45, 2.75) is 17.5 Å². The van der Waals surface area contributed by atoms with Crippen LogP contribution in [0, 0.1) is 0 Å². The van der Waals surface area contributed by atoms with E-state index in [9.17, 15) is 26.4 Å². The number of hydrogen-bond donors (Lipinski definition) is 1. The first-order valence-electron chi connectivity index (χ1n) is 10.9. The molecular formula is C25H22F3N3O4S. The van der Waals surface area contributed by atoms with Gasteiger partial charge >= 0.3 is 12.2 Å². The van der Waals surface area contributed by atoms with Gasteiger partial charge in [0.1, 0.15) is 0 Å². The van der Waals surface area contributed by atoms with Crippen molar-refractivity contribution < 1.29 is 31.1 Å². The molecule has 3 aromatic carbocycles. The van der Waals surface area contributed by atoms with Crippen molar-refractivity contribution in [3.8, 4) is 0 Å². The van der Waals surface area contributed by atoms with Crippen LogP contribution in [0.25, 0.3) is 0 Å². The number of anilines is 2. The molecule has 0 saturated carbocycles. The van der Waals surface area contributed by atoms with Gasteiger partial charge in [0, 0.05) is 12.1 Å². The Labute approximate surface area is 206 Å². The monoisotopic (exact) mass is 517 g/mol. The number of alkyl halides is 3. The second-order valence-electron chi connectivity index (χ2n) is 7.77. The fraction of sp³-hybridized carbons (Fsp3) is 0.160. The number of nitrogens with one attached hydrogen (secondary N) is 1. The van der Waals surface area contributed by atoms with Gasteiger partial charge < -0.3 is 4.74 Å². The van der Waals surface area contributed by atoms with Crippen molar-refractivity contribution in [2.75, 3.05) is 23.1 Å². The van der Waals surface area contributed by atoms with E-state index in [1.807, 2.05) is 0 Å². The molecular weight excluding hydrogens is 495 g/mol. The van der Waals surface area contributed by atoms with Crippen LogP contribution in [0.1, 0.15) is 12.0 Å². The number of hydrogen-bond acceptors (Lipinski definition) is 4. The maximum absolute atomic E-state index is 14.0. The van der Waals surface area contributed by atoms with Gasteiger partial charge in [-0.2, -0.15) is 13.2 Å². The number of hydrazine groups is 1. The van der Waals surface area contributed by atoms with Crippen molar-refractivity contribution >= 4 is 27.4 Å². The first-order valence-corrected chi connectivity index (χ1v) is 12.4. The number of halogens is 3. The number of rotatable bonds is 6. The molecule has 7 nitrogen and oxygen atoms in total. The zero-order valence-corrected chi connectivity index (χ0v) is 19.7. The highest BCUT2D eigenvalue weighted by Crippen LogP contribution is 2.34. The van der Waals surface area contributed by atoms with Crippen LogP contribution >= 0.6 is 0 Å². The molecule has 1 aliphatic heterocycles. The molecule has 1 heterocycles. The predicted octanol–water partition coefficient (Wildman–Crippen LogP) is 5.34. The lowest BCUT2D eigenvalue weighted by Gasteiger charge is -2.33. The van der Waals surface area contributed by atoms with Gasteiger partial charge in [-0.25, -0.2) is 18.2 Å². The number of para-hydroxylation sites is 1. The molecule has 1 N–H and O–H groups in total. The minimum atomic E-state index is -4.64. The second-order valence-corrected chi connectivity index (χ2v) is 9.43. The molecule has 1 aliphatic rings. The summed E-state index contributed by atoms with van der Waals surface area (Å²) in [5, 5.41) is 0.804. The molecule has 0 aromatic heterocycles. The number of ether oxygens (including phenoxy) is 1. The van der Waals surface area contributed by atoms with E-state index in [0.29, 0.717) is 5.70 Å². The number of carbonyl (C=O) groups is 1. The molecule has 0 bridgehead atoms. The normalized spacial score (nSPS) is 14.1. The number of urea groups is 1. The molecule has 0 radical (unpaired) electrons. The molecule has 188 valence electrons. The summed E-state index contributed by atoms with van der Waals surface area (Å²) in [5.74, 6) is 0. The third kappa shape index (κ3) is 5.76. The summed E-state index contributed by atoms with van der Waals surface area (Å²) in [4.78, 5) is 17.2. The van der Waals surface area contributed by atoms with Crippen molar-refractivity contribution in [1.82, 2.24) is 4.83 Å². The lowest BCUT2D eigenvalue weighted by molar-refractivity contribution is -0.137. The molecule has 36 heavy (non-hydrogen) atoms. The van der Waals surface area contributed by atoms with E-state index in [1.165, 1.54) is 48.5 Å². The summed E-state index contributed by atoms with van der Waals surface area (Å²) in [6, 6.07) is 18.7. The van der Waals surface area contributed by atoms with Crippen LogP contribution in [0.3, 0.4) is 0 Å². The number of sulfonamides is 1. The summed E-state index contributed by atoms with van der Waals surface area (Å²) in [6.07, 6.45) is -2.82. The van der Waals surface area contributed by atoms with Crippen molar-refractivity contribution in [2.24, 2.45) is 0 Å². The van der Waals surface area contributed by atoms with Gasteiger partial charge in [-0.05, 0) is 48.5 Å². The van der Waals surface area contributed by atoms with Gasteiger partial charge in [0.2, 0.25) is 0 Å². The molecule has 0 atom stereocenters. The first kappa shape index (κ1) is 25.4. The maximum atomic E-state index is 14.0. The summed E-state index contributed by atoms with van der Waals surface area (Å²) >= 11 is 0. The van der Waals surface area contributed by atoms with E-state index >= 15 is 0 Å². The average Bonchev–Trinajstić information content (AvgIpc) is 2.89. The third-order valence-corrected chi connectivity index (χ3v) is 6.64. The fourth-order valence-electron chi connectivity index (χ4n) is 3.59. The Morgan fingerprint density at radius 2 is 1.53 bits per heavy atom.